The van der Waals surface area contributed by atoms with Crippen molar-refractivity contribution in [2.24, 2.45) is 0 Å². The second-order valence-electron chi connectivity index (χ2n) is 7.81. The number of halogens is 1. The van der Waals surface area contributed by atoms with Crippen LogP contribution < -0.4 is 0 Å². The maximum Gasteiger partial charge on any atom is 0.295 e. The maximum absolute atomic E-state index is 13.1. The quantitative estimate of drug-likeness (QED) is 0.206. The number of nitrogens with zero attached hydrogens (tertiary/aromatic N) is 3. The van der Waals surface area contributed by atoms with E-state index in [0.717, 1.165) is 4.47 Å². The van der Waals surface area contributed by atoms with Crippen LogP contribution in [0.4, 0.5) is 5.69 Å². The Kier molecular flexibility index (Phi) is 6.87. The number of hydrogen-bond donors (Lipinski definition) is 1. The number of hydrogen-bond acceptors (Lipinski definition) is 7. The second-order valence-corrected chi connectivity index (χ2v) is 8.72. The summed E-state index contributed by atoms with van der Waals surface area (Å²) in [7, 11) is 0. The molecule has 1 amide bonds. The fourth-order valence-electron chi connectivity index (χ4n) is 4.10. The number of morpholine rings is 1. The Morgan fingerprint density at radius 3 is 2.48 bits per heavy atom. The molecule has 2 heterocycles. The average Bonchev–Trinajstić information content (AvgIpc) is 3.08. The summed E-state index contributed by atoms with van der Waals surface area (Å²) < 4.78 is 6.15. The van der Waals surface area contributed by atoms with Crippen molar-refractivity contribution >= 4 is 39.1 Å². The van der Waals surface area contributed by atoms with Gasteiger partial charge in [0.05, 0.1) is 29.8 Å². The van der Waals surface area contributed by atoms with E-state index in [2.05, 4.69) is 20.8 Å². The second kappa shape index (κ2) is 9.82. The molecular formula is C23H22BrN3O6. The molecule has 1 N–H and O–H groups in total. The molecule has 0 spiro atoms. The van der Waals surface area contributed by atoms with Crippen LogP contribution in [0.1, 0.15) is 17.2 Å². The summed E-state index contributed by atoms with van der Waals surface area (Å²) in [6, 6.07) is 11.6. The van der Waals surface area contributed by atoms with Crippen LogP contribution in [0.3, 0.4) is 0 Å². The number of amides is 1. The number of ketones is 1. The molecule has 4 rings (SSSR count). The van der Waals surface area contributed by atoms with Crippen LogP contribution in [0.5, 0.6) is 0 Å². The molecule has 2 aliphatic rings. The highest BCUT2D eigenvalue weighted by atomic mass is 79.9. The zero-order valence-corrected chi connectivity index (χ0v) is 19.2. The molecule has 2 aromatic rings. The molecule has 1 atom stereocenters. The van der Waals surface area contributed by atoms with Gasteiger partial charge in [-0.3, -0.25) is 24.6 Å². The Hall–Kier alpha value is -3.08. The van der Waals surface area contributed by atoms with Gasteiger partial charge in [0.15, 0.2) is 0 Å². The Labute approximate surface area is 198 Å². The molecule has 0 aliphatic carbocycles. The minimum absolute atomic E-state index is 0.0789. The highest BCUT2D eigenvalue weighted by Crippen LogP contribution is 2.40. The number of nitro benzene ring substituents is 1. The summed E-state index contributed by atoms with van der Waals surface area (Å²) in [5.74, 6) is -1.86. The summed E-state index contributed by atoms with van der Waals surface area (Å²) in [5, 5.41) is 22.4. The molecule has 172 valence electrons. The van der Waals surface area contributed by atoms with Crippen molar-refractivity contribution in [1.29, 1.82) is 0 Å². The van der Waals surface area contributed by atoms with Crippen molar-refractivity contribution in [3.8, 4) is 0 Å². The predicted molar refractivity (Wildman–Crippen MR) is 124 cm³/mol. The Morgan fingerprint density at radius 2 is 1.82 bits per heavy atom. The first-order valence-corrected chi connectivity index (χ1v) is 11.2. The number of non-ortho nitro benzene ring substituents is 1. The van der Waals surface area contributed by atoms with E-state index >= 15 is 0 Å². The fraction of sp³-hybridized carbons (Fsp3) is 0.304. The average molecular weight is 516 g/mol. The van der Waals surface area contributed by atoms with Gasteiger partial charge in [0.1, 0.15) is 5.76 Å². The standard InChI is InChI=1S/C23H22BrN3O6/c24-17-6-4-15(5-7-17)21(28)19-20(16-2-1-3-18(14-16)27(31)32)26(23(30)22(19)29)9-8-25-10-12-33-13-11-25/h1-7,14,20,28H,8-13H2/t20-/m0/s1. The third kappa shape index (κ3) is 4.82. The van der Waals surface area contributed by atoms with Crippen molar-refractivity contribution < 1.29 is 24.4 Å². The highest BCUT2D eigenvalue weighted by Gasteiger charge is 2.46. The van der Waals surface area contributed by atoms with Crippen molar-refractivity contribution in [1.82, 2.24) is 9.80 Å². The van der Waals surface area contributed by atoms with Crippen molar-refractivity contribution in [2.75, 3.05) is 39.4 Å². The van der Waals surface area contributed by atoms with E-state index in [1.807, 2.05) is 0 Å². The normalized spacial score (nSPS) is 20.9. The molecule has 2 saturated heterocycles. The van der Waals surface area contributed by atoms with Gasteiger partial charge < -0.3 is 14.7 Å². The van der Waals surface area contributed by atoms with Crippen LogP contribution in [0, 0.1) is 10.1 Å². The molecule has 2 fully saturated rings. The van der Waals surface area contributed by atoms with E-state index in [1.54, 1.807) is 30.3 Å². The number of carbonyl (C=O) groups is 2. The molecule has 0 bridgehead atoms. The van der Waals surface area contributed by atoms with Gasteiger partial charge in [-0.2, -0.15) is 0 Å². The van der Waals surface area contributed by atoms with Crippen LogP contribution >= 0.6 is 15.9 Å². The number of Topliss-reactive ketones (excluding diaryl/α,β-unsaturated/α-hetero) is 1. The molecular weight excluding hydrogens is 494 g/mol. The number of ether oxygens (including phenoxy) is 1. The molecule has 0 aromatic heterocycles. The highest BCUT2D eigenvalue weighted by molar-refractivity contribution is 9.10. The third-order valence-corrected chi connectivity index (χ3v) is 6.34. The SMILES string of the molecule is O=C1C(=O)N(CCN2CCOCC2)[C@@H](c2cccc([N+](=O)[O-])c2)C1=C(O)c1ccc(Br)cc1. The largest absolute Gasteiger partial charge is 0.507 e. The molecule has 0 radical (unpaired) electrons. The maximum atomic E-state index is 13.1. The molecule has 2 aliphatic heterocycles. The van der Waals surface area contributed by atoms with Crippen LogP contribution in [0.15, 0.2) is 58.6 Å². The van der Waals surface area contributed by atoms with Gasteiger partial charge in [-0.15, -0.1) is 0 Å². The number of likely N-dealkylation sites (tertiary alicyclic amines) is 1. The molecule has 9 nitrogen and oxygen atoms in total. The van der Waals surface area contributed by atoms with Crippen LogP contribution in [-0.4, -0.2) is 70.9 Å². The molecule has 2 aromatic carbocycles. The summed E-state index contributed by atoms with van der Waals surface area (Å²) in [6.45, 7) is 3.36. The summed E-state index contributed by atoms with van der Waals surface area (Å²) >= 11 is 3.33. The van der Waals surface area contributed by atoms with Gasteiger partial charge in [-0.1, -0.05) is 40.2 Å². The van der Waals surface area contributed by atoms with Gasteiger partial charge in [0, 0.05) is 48.3 Å². The molecule has 10 heteroatoms. The first-order chi connectivity index (χ1) is 15.9. The Morgan fingerprint density at radius 1 is 1.12 bits per heavy atom. The van der Waals surface area contributed by atoms with E-state index < -0.39 is 22.7 Å². The van der Waals surface area contributed by atoms with E-state index in [4.69, 9.17) is 4.74 Å². The summed E-state index contributed by atoms with van der Waals surface area (Å²) in [5.41, 5.74) is 0.531. The van der Waals surface area contributed by atoms with Crippen LogP contribution in [0.25, 0.3) is 5.76 Å². The van der Waals surface area contributed by atoms with Crippen molar-refractivity contribution in [3.05, 3.63) is 79.8 Å². The predicted octanol–water partition coefficient (Wildman–Crippen LogP) is 3.11. The minimum atomic E-state index is -0.936. The first kappa shape index (κ1) is 23.1. The number of rotatable bonds is 6. The lowest BCUT2D eigenvalue weighted by Crippen LogP contribution is -2.42. The zero-order valence-electron chi connectivity index (χ0n) is 17.6. The number of aliphatic hydroxyl groups is 1. The Bertz CT molecular complexity index is 1110. The van der Waals surface area contributed by atoms with E-state index in [0.29, 0.717) is 44.0 Å². The van der Waals surface area contributed by atoms with E-state index in [9.17, 15) is 24.8 Å². The van der Waals surface area contributed by atoms with Crippen molar-refractivity contribution in [3.63, 3.8) is 0 Å². The first-order valence-electron chi connectivity index (χ1n) is 10.5. The molecule has 0 saturated carbocycles. The van der Waals surface area contributed by atoms with Crippen LogP contribution in [-0.2, 0) is 14.3 Å². The topological polar surface area (TPSA) is 113 Å². The smallest absolute Gasteiger partial charge is 0.295 e. The van der Waals surface area contributed by atoms with Crippen molar-refractivity contribution in [2.45, 2.75) is 6.04 Å². The lowest BCUT2D eigenvalue weighted by atomic mass is 9.95. The zero-order chi connectivity index (χ0) is 23.5. The molecule has 0 unspecified atom stereocenters. The lowest BCUT2D eigenvalue weighted by Gasteiger charge is -2.31. The number of carbonyl (C=O) groups excluding carboxylic acids is 2. The lowest BCUT2D eigenvalue weighted by molar-refractivity contribution is -0.384. The summed E-state index contributed by atoms with van der Waals surface area (Å²) in [6.07, 6.45) is 0. The summed E-state index contributed by atoms with van der Waals surface area (Å²) in [4.78, 5) is 40.4. The van der Waals surface area contributed by atoms with Gasteiger partial charge in [0.25, 0.3) is 17.4 Å². The van der Waals surface area contributed by atoms with Gasteiger partial charge in [0.2, 0.25) is 0 Å². The van der Waals surface area contributed by atoms with Gasteiger partial charge in [-0.05, 0) is 17.7 Å². The van der Waals surface area contributed by atoms with E-state index in [1.165, 1.54) is 23.1 Å². The van der Waals surface area contributed by atoms with Gasteiger partial charge >= 0.3 is 0 Å². The van der Waals surface area contributed by atoms with Gasteiger partial charge in [-0.25, -0.2) is 0 Å². The number of aliphatic hydroxyl groups excluding tert-OH is 1. The van der Waals surface area contributed by atoms with Crippen LogP contribution in [0.2, 0.25) is 0 Å². The number of nitro groups is 1. The number of benzene rings is 2. The third-order valence-electron chi connectivity index (χ3n) is 5.82. The minimum Gasteiger partial charge on any atom is -0.507 e. The molecule has 33 heavy (non-hydrogen) atoms. The monoisotopic (exact) mass is 515 g/mol. The Balaban J connectivity index is 1.77. The van der Waals surface area contributed by atoms with E-state index in [-0.39, 0.29) is 23.6 Å². The fourth-order valence-corrected chi connectivity index (χ4v) is 4.37.